The van der Waals surface area contributed by atoms with Gasteiger partial charge in [0, 0.05) is 14.2 Å². The summed E-state index contributed by atoms with van der Waals surface area (Å²) in [4.78, 5) is 0. The van der Waals surface area contributed by atoms with E-state index in [1.54, 1.807) is 14.2 Å². The molecule has 0 aromatic rings. The van der Waals surface area contributed by atoms with E-state index < -0.39 is 0 Å². The highest BCUT2D eigenvalue weighted by Crippen LogP contribution is 2.22. The minimum Gasteiger partial charge on any atom is -0.356 e. The number of rotatable bonds is 7. The van der Waals surface area contributed by atoms with Crippen LogP contribution in [0.15, 0.2) is 0 Å². The first kappa shape index (κ1) is 12.9. The lowest BCUT2D eigenvalue weighted by atomic mass is 9.87. The largest absolute Gasteiger partial charge is 0.356 e. The van der Waals surface area contributed by atoms with Gasteiger partial charge in [0.2, 0.25) is 0 Å². The zero-order chi connectivity index (χ0) is 10.3. The van der Waals surface area contributed by atoms with Gasteiger partial charge in [-0.15, -0.1) is 0 Å². The molecule has 0 spiro atoms. The van der Waals surface area contributed by atoms with Crippen molar-refractivity contribution in [3.8, 4) is 0 Å². The minimum atomic E-state index is -0.0615. The molecule has 2 N–H and O–H groups in total. The number of nitrogens with two attached hydrogens (primary N) is 1. The van der Waals surface area contributed by atoms with Gasteiger partial charge in [-0.1, -0.05) is 13.8 Å². The Kier molecular flexibility index (Phi) is 6.29. The van der Waals surface area contributed by atoms with Crippen molar-refractivity contribution in [2.45, 2.75) is 39.4 Å². The molecule has 0 bridgehead atoms. The average Bonchev–Trinajstić information content (AvgIpc) is 2.12. The van der Waals surface area contributed by atoms with Crippen molar-refractivity contribution in [1.82, 2.24) is 0 Å². The molecule has 0 atom stereocenters. The Balaban J connectivity index is 3.54. The number of methoxy groups -OCH3 is 2. The number of ether oxygens (including phenoxy) is 2. The first-order valence-electron chi connectivity index (χ1n) is 4.81. The van der Waals surface area contributed by atoms with Gasteiger partial charge in [0.1, 0.15) is 0 Å². The quantitative estimate of drug-likeness (QED) is 0.621. The van der Waals surface area contributed by atoms with Crippen molar-refractivity contribution in [3.05, 3.63) is 0 Å². The highest BCUT2D eigenvalue weighted by atomic mass is 16.7. The minimum absolute atomic E-state index is 0.0615. The number of hydrogen-bond acceptors (Lipinski definition) is 3. The summed E-state index contributed by atoms with van der Waals surface area (Å²) in [5.41, 5.74) is 5.87. The second-order valence-electron chi connectivity index (χ2n) is 4.16. The Labute approximate surface area is 81.6 Å². The van der Waals surface area contributed by atoms with E-state index in [1.807, 2.05) is 0 Å². The van der Waals surface area contributed by atoms with Crippen LogP contribution >= 0.6 is 0 Å². The monoisotopic (exact) mass is 189 g/mol. The molecule has 0 unspecified atom stereocenters. The van der Waals surface area contributed by atoms with Crippen LogP contribution in [0.2, 0.25) is 0 Å². The van der Waals surface area contributed by atoms with Crippen molar-refractivity contribution < 1.29 is 9.47 Å². The van der Waals surface area contributed by atoms with Crippen LogP contribution in [-0.4, -0.2) is 27.1 Å². The van der Waals surface area contributed by atoms with E-state index in [1.165, 1.54) is 0 Å². The molecule has 0 rings (SSSR count). The van der Waals surface area contributed by atoms with Gasteiger partial charge in [0.05, 0.1) is 0 Å². The molecule has 80 valence electrons. The van der Waals surface area contributed by atoms with Crippen LogP contribution in [-0.2, 0) is 9.47 Å². The molecule has 3 heteroatoms. The molecule has 0 saturated carbocycles. The summed E-state index contributed by atoms with van der Waals surface area (Å²) >= 11 is 0. The maximum absolute atomic E-state index is 5.63. The lowest BCUT2D eigenvalue weighted by Crippen LogP contribution is -2.24. The molecule has 0 heterocycles. The summed E-state index contributed by atoms with van der Waals surface area (Å²) in [6, 6.07) is 0. The Bertz CT molecular complexity index is 122. The molecule has 0 aromatic heterocycles. The highest BCUT2D eigenvalue weighted by Gasteiger charge is 2.15. The Morgan fingerprint density at radius 3 is 2.15 bits per heavy atom. The van der Waals surface area contributed by atoms with Crippen molar-refractivity contribution in [2.75, 3.05) is 20.8 Å². The summed E-state index contributed by atoms with van der Waals surface area (Å²) in [5, 5.41) is 0. The molecule has 0 radical (unpaired) electrons. The van der Waals surface area contributed by atoms with Crippen LogP contribution < -0.4 is 5.73 Å². The second-order valence-corrected chi connectivity index (χ2v) is 4.16. The van der Waals surface area contributed by atoms with E-state index in [0.717, 1.165) is 25.8 Å². The van der Waals surface area contributed by atoms with Crippen molar-refractivity contribution in [1.29, 1.82) is 0 Å². The maximum atomic E-state index is 5.63. The summed E-state index contributed by atoms with van der Waals surface area (Å²) in [7, 11) is 3.34. The molecule has 13 heavy (non-hydrogen) atoms. The average molecular weight is 189 g/mol. The molecule has 3 nitrogen and oxygen atoms in total. The zero-order valence-corrected chi connectivity index (χ0v) is 9.30. The normalized spacial score (nSPS) is 12.5. The fourth-order valence-corrected chi connectivity index (χ4v) is 1.18. The van der Waals surface area contributed by atoms with Gasteiger partial charge in [0.15, 0.2) is 6.29 Å². The molecular weight excluding hydrogens is 166 g/mol. The van der Waals surface area contributed by atoms with Gasteiger partial charge in [-0.2, -0.15) is 0 Å². The van der Waals surface area contributed by atoms with Crippen molar-refractivity contribution in [3.63, 3.8) is 0 Å². The molecule has 0 aliphatic rings. The van der Waals surface area contributed by atoms with Gasteiger partial charge in [0.25, 0.3) is 0 Å². The van der Waals surface area contributed by atoms with Gasteiger partial charge in [-0.05, 0) is 31.2 Å². The summed E-state index contributed by atoms with van der Waals surface area (Å²) < 4.78 is 10.2. The van der Waals surface area contributed by atoms with Gasteiger partial charge >= 0.3 is 0 Å². The van der Waals surface area contributed by atoms with Crippen LogP contribution in [0.5, 0.6) is 0 Å². The van der Waals surface area contributed by atoms with Gasteiger partial charge in [-0.25, -0.2) is 0 Å². The zero-order valence-electron chi connectivity index (χ0n) is 9.30. The molecule has 0 aromatic carbocycles. The van der Waals surface area contributed by atoms with Crippen LogP contribution in [0.3, 0.4) is 0 Å². The molecule has 0 amide bonds. The van der Waals surface area contributed by atoms with E-state index in [2.05, 4.69) is 13.8 Å². The van der Waals surface area contributed by atoms with E-state index in [9.17, 15) is 0 Å². The van der Waals surface area contributed by atoms with Crippen LogP contribution in [0.25, 0.3) is 0 Å². The SMILES string of the molecule is COC(CCCC(C)(C)CN)OC. The molecular formula is C10H23NO2. The Morgan fingerprint density at radius 1 is 1.23 bits per heavy atom. The Morgan fingerprint density at radius 2 is 1.77 bits per heavy atom. The number of hydrogen-bond donors (Lipinski definition) is 1. The summed E-state index contributed by atoms with van der Waals surface area (Å²) in [5.74, 6) is 0. The van der Waals surface area contributed by atoms with Crippen molar-refractivity contribution >= 4 is 0 Å². The third-order valence-electron chi connectivity index (χ3n) is 2.37. The van der Waals surface area contributed by atoms with Crippen LogP contribution in [0.1, 0.15) is 33.1 Å². The lowest BCUT2D eigenvalue weighted by Gasteiger charge is -2.23. The van der Waals surface area contributed by atoms with Crippen molar-refractivity contribution in [2.24, 2.45) is 11.1 Å². The molecule has 0 aliphatic carbocycles. The third-order valence-corrected chi connectivity index (χ3v) is 2.37. The van der Waals surface area contributed by atoms with E-state index in [0.29, 0.717) is 0 Å². The fourth-order valence-electron chi connectivity index (χ4n) is 1.18. The first-order valence-corrected chi connectivity index (χ1v) is 4.81. The van der Waals surface area contributed by atoms with Gasteiger partial charge < -0.3 is 15.2 Å². The molecule has 0 saturated heterocycles. The molecule has 0 aliphatic heterocycles. The van der Waals surface area contributed by atoms with Crippen LogP contribution in [0, 0.1) is 5.41 Å². The predicted molar refractivity (Wildman–Crippen MR) is 54.5 cm³/mol. The predicted octanol–water partition coefficient (Wildman–Crippen LogP) is 1.76. The molecule has 0 fully saturated rings. The summed E-state index contributed by atoms with van der Waals surface area (Å²) in [6.07, 6.45) is 3.09. The second kappa shape index (κ2) is 6.35. The van der Waals surface area contributed by atoms with E-state index in [4.69, 9.17) is 15.2 Å². The summed E-state index contributed by atoms with van der Waals surface area (Å²) in [6.45, 7) is 5.10. The standard InChI is InChI=1S/C10H23NO2/c1-10(2,8-11)7-5-6-9(12-3)13-4/h9H,5-8,11H2,1-4H3. The lowest BCUT2D eigenvalue weighted by molar-refractivity contribution is -0.107. The highest BCUT2D eigenvalue weighted by molar-refractivity contribution is 4.69. The van der Waals surface area contributed by atoms with E-state index in [-0.39, 0.29) is 11.7 Å². The van der Waals surface area contributed by atoms with Crippen LogP contribution in [0.4, 0.5) is 0 Å². The smallest absolute Gasteiger partial charge is 0.156 e. The Hall–Kier alpha value is -0.120. The first-order chi connectivity index (χ1) is 6.05. The van der Waals surface area contributed by atoms with Gasteiger partial charge in [-0.3, -0.25) is 0 Å². The fraction of sp³-hybridized carbons (Fsp3) is 1.00. The van der Waals surface area contributed by atoms with E-state index >= 15 is 0 Å². The topological polar surface area (TPSA) is 44.5 Å². The third kappa shape index (κ3) is 6.02. The maximum Gasteiger partial charge on any atom is 0.156 e.